The number of ether oxygens (including phenoxy) is 3. The number of thiocarbonyl (C=S) groups is 1. The molecule has 0 aliphatic carbocycles. The fourth-order valence-electron chi connectivity index (χ4n) is 3.53. The Kier molecular flexibility index (Phi) is 8.48. The first-order valence-electron chi connectivity index (χ1n) is 10.9. The van der Waals surface area contributed by atoms with Crippen molar-refractivity contribution in [1.29, 1.82) is 0 Å². The topological polar surface area (TPSA) is 97.9 Å². The van der Waals surface area contributed by atoms with Crippen LogP contribution in [0.2, 0.25) is 0 Å². The summed E-state index contributed by atoms with van der Waals surface area (Å²) in [5, 5.41) is 9.58. The first-order chi connectivity index (χ1) is 16.3. The van der Waals surface area contributed by atoms with Crippen molar-refractivity contribution in [1.82, 2.24) is 16.0 Å². The zero-order valence-electron chi connectivity index (χ0n) is 19.6. The van der Waals surface area contributed by atoms with Crippen molar-refractivity contribution in [3.63, 3.8) is 0 Å². The van der Waals surface area contributed by atoms with E-state index in [1.54, 1.807) is 32.0 Å². The van der Waals surface area contributed by atoms with Gasteiger partial charge in [0.05, 0.1) is 24.8 Å². The largest absolute Gasteiger partial charge is 0.493 e. The van der Waals surface area contributed by atoms with Gasteiger partial charge in [-0.15, -0.1) is 0 Å². The molecular formula is C25H29N3O5S. The van der Waals surface area contributed by atoms with Gasteiger partial charge >= 0.3 is 5.97 Å². The summed E-state index contributed by atoms with van der Waals surface area (Å²) in [6.07, 6.45) is -0.225. The predicted molar refractivity (Wildman–Crippen MR) is 132 cm³/mol. The molecule has 1 unspecified atom stereocenters. The van der Waals surface area contributed by atoms with E-state index in [0.717, 1.165) is 11.1 Å². The Morgan fingerprint density at radius 1 is 1.12 bits per heavy atom. The van der Waals surface area contributed by atoms with Gasteiger partial charge in [-0.3, -0.25) is 4.79 Å². The maximum atomic E-state index is 13.2. The highest BCUT2D eigenvalue weighted by Gasteiger charge is 2.30. The number of carbonyl (C=O) groups is 2. The Bertz CT molecular complexity index is 1090. The van der Waals surface area contributed by atoms with Crippen LogP contribution in [0.1, 0.15) is 37.9 Å². The van der Waals surface area contributed by atoms with Gasteiger partial charge in [0.1, 0.15) is 0 Å². The minimum Gasteiger partial charge on any atom is -0.493 e. The molecule has 180 valence electrons. The molecule has 9 heteroatoms. The molecule has 1 heterocycles. The highest BCUT2D eigenvalue weighted by molar-refractivity contribution is 7.80. The summed E-state index contributed by atoms with van der Waals surface area (Å²) in [6, 6.07) is 14.4. The second-order valence-corrected chi connectivity index (χ2v) is 8.38. The molecular weight excluding hydrogens is 454 g/mol. The molecule has 0 aromatic heterocycles. The smallest absolute Gasteiger partial charge is 0.344 e. The normalized spacial score (nSPS) is 15.3. The molecule has 0 saturated carbocycles. The molecule has 0 fully saturated rings. The average molecular weight is 484 g/mol. The summed E-state index contributed by atoms with van der Waals surface area (Å²) in [4.78, 5) is 25.0. The van der Waals surface area contributed by atoms with Gasteiger partial charge in [-0.2, -0.15) is 0 Å². The lowest BCUT2D eigenvalue weighted by Crippen LogP contribution is -2.46. The SMILES string of the molecule is COc1cc(C2NC(=S)NC(C)=C2C(=O)NCc2ccccc2)ccc1OCC(=O)OC(C)C. The lowest BCUT2D eigenvalue weighted by atomic mass is 9.94. The molecule has 0 radical (unpaired) electrons. The number of hydrogen-bond donors (Lipinski definition) is 3. The number of nitrogens with one attached hydrogen (secondary N) is 3. The third-order valence-corrected chi connectivity index (χ3v) is 5.26. The number of amides is 1. The number of hydrogen-bond acceptors (Lipinski definition) is 6. The van der Waals surface area contributed by atoms with Crippen molar-refractivity contribution >= 4 is 29.2 Å². The van der Waals surface area contributed by atoms with Crippen LogP contribution < -0.4 is 25.4 Å². The fraction of sp³-hybridized carbons (Fsp3) is 0.320. The van der Waals surface area contributed by atoms with Crippen molar-refractivity contribution < 1.29 is 23.8 Å². The quantitative estimate of drug-likeness (QED) is 0.370. The number of methoxy groups -OCH3 is 1. The molecule has 0 bridgehead atoms. The van der Waals surface area contributed by atoms with Gasteiger partial charge in [0.2, 0.25) is 0 Å². The van der Waals surface area contributed by atoms with E-state index in [-0.39, 0.29) is 18.6 Å². The summed E-state index contributed by atoms with van der Waals surface area (Å²) in [6.45, 7) is 5.51. The lowest BCUT2D eigenvalue weighted by Gasteiger charge is -2.30. The first-order valence-corrected chi connectivity index (χ1v) is 11.3. The highest BCUT2D eigenvalue weighted by Crippen LogP contribution is 2.34. The Labute approximate surface area is 204 Å². The number of allylic oxidation sites excluding steroid dienone is 1. The highest BCUT2D eigenvalue weighted by atomic mass is 32.1. The number of rotatable bonds is 9. The van der Waals surface area contributed by atoms with Gasteiger partial charge in [-0.25, -0.2) is 4.79 Å². The van der Waals surface area contributed by atoms with Crippen LogP contribution in [-0.4, -0.2) is 36.8 Å². The van der Waals surface area contributed by atoms with Crippen LogP contribution in [0.25, 0.3) is 0 Å². The Morgan fingerprint density at radius 2 is 1.85 bits per heavy atom. The van der Waals surface area contributed by atoms with Gasteiger partial charge in [-0.1, -0.05) is 36.4 Å². The Balaban J connectivity index is 1.80. The Morgan fingerprint density at radius 3 is 2.53 bits per heavy atom. The van der Waals surface area contributed by atoms with E-state index in [4.69, 9.17) is 26.4 Å². The van der Waals surface area contributed by atoms with E-state index in [2.05, 4.69) is 16.0 Å². The minimum atomic E-state index is -0.502. The van der Waals surface area contributed by atoms with Crippen molar-refractivity contribution in [2.24, 2.45) is 0 Å². The predicted octanol–water partition coefficient (Wildman–Crippen LogP) is 3.13. The number of esters is 1. The molecule has 2 aromatic carbocycles. The zero-order valence-corrected chi connectivity index (χ0v) is 20.5. The van der Waals surface area contributed by atoms with E-state index in [1.807, 2.05) is 37.3 Å². The van der Waals surface area contributed by atoms with Gasteiger partial charge in [0.25, 0.3) is 5.91 Å². The number of benzene rings is 2. The molecule has 3 N–H and O–H groups in total. The summed E-state index contributed by atoms with van der Waals surface area (Å²) in [5.41, 5.74) is 2.93. The van der Waals surface area contributed by atoms with Crippen molar-refractivity contribution in [3.05, 3.63) is 70.9 Å². The summed E-state index contributed by atoms with van der Waals surface area (Å²) < 4.78 is 16.2. The standard InChI is InChI=1S/C25H29N3O5S/c1-15(2)33-21(29)14-32-19-11-10-18(12-20(19)31-4)23-22(16(3)27-25(34)28-23)24(30)26-13-17-8-6-5-7-9-17/h5-12,15,23H,13-14H2,1-4H3,(H,26,30)(H2,27,28,34). The summed E-state index contributed by atoms with van der Waals surface area (Å²) in [7, 11) is 1.51. The summed E-state index contributed by atoms with van der Waals surface area (Å²) in [5.74, 6) is 0.119. The van der Waals surface area contributed by atoms with Crippen LogP contribution in [0.15, 0.2) is 59.8 Å². The average Bonchev–Trinajstić information content (AvgIpc) is 2.80. The molecule has 1 aliphatic heterocycles. The molecule has 8 nitrogen and oxygen atoms in total. The third-order valence-electron chi connectivity index (χ3n) is 5.04. The van der Waals surface area contributed by atoms with Gasteiger partial charge in [-0.05, 0) is 56.2 Å². The van der Waals surface area contributed by atoms with Gasteiger partial charge < -0.3 is 30.2 Å². The van der Waals surface area contributed by atoms with E-state index < -0.39 is 12.0 Å². The van der Waals surface area contributed by atoms with E-state index >= 15 is 0 Å². The zero-order chi connectivity index (χ0) is 24.7. The van der Waals surface area contributed by atoms with Crippen LogP contribution in [-0.2, 0) is 20.9 Å². The second-order valence-electron chi connectivity index (χ2n) is 7.98. The van der Waals surface area contributed by atoms with Gasteiger partial charge in [0.15, 0.2) is 23.2 Å². The molecule has 0 saturated heterocycles. The molecule has 0 spiro atoms. The monoisotopic (exact) mass is 483 g/mol. The Hall–Kier alpha value is -3.59. The van der Waals surface area contributed by atoms with Crippen molar-refractivity contribution in [2.45, 2.75) is 39.5 Å². The van der Waals surface area contributed by atoms with Crippen LogP contribution in [0.5, 0.6) is 11.5 Å². The molecule has 3 rings (SSSR count). The molecule has 1 amide bonds. The summed E-state index contributed by atoms with van der Waals surface area (Å²) >= 11 is 5.34. The second kappa shape index (κ2) is 11.5. The van der Waals surface area contributed by atoms with Gasteiger partial charge in [0, 0.05) is 12.2 Å². The van der Waals surface area contributed by atoms with Crippen LogP contribution >= 0.6 is 12.2 Å². The van der Waals surface area contributed by atoms with E-state index in [1.165, 1.54) is 7.11 Å². The molecule has 2 aromatic rings. The van der Waals surface area contributed by atoms with Crippen molar-refractivity contribution in [3.8, 4) is 11.5 Å². The fourth-order valence-corrected chi connectivity index (χ4v) is 3.81. The van der Waals surface area contributed by atoms with Crippen LogP contribution in [0, 0.1) is 0 Å². The van der Waals surface area contributed by atoms with Crippen molar-refractivity contribution in [2.75, 3.05) is 13.7 Å². The van der Waals surface area contributed by atoms with Crippen LogP contribution in [0.4, 0.5) is 0 Å². The lowest BCUT2D eigenvalue weighted by molar-refractivity contribution is -0.149. The minimum absolute atomic E-state index is 0.218. The van der Waals surface area contributed by atoms with E-state index in [9.17, 15) is 9.59 Å². The van der Waals surface area contributed by atoms with Crippen LogP contribution in [0.3, 0.4) is 0 Å². The molecule has 1 aliphatic rings. The first kappa shape index (κ1) is 25.0. The maximum Gasteiger partial charge on any atom is 0.344 e. The van der Waals surface area contributed by atoms with E-state index in [0.29, 0.717) is 34.4 Å². The molecule has 34 heavy (non-hydrogen) atoms. The molecule has 1 atom stereocenters. The maximum absolute atomic E-state index is 13.2. The third kappa shape index (κ3) is 6.48. The number of carbonyl (C=O) groups excluding carboxylic acids is 2.